The normalized spacial score (nSPS) is 10.7. The van der Waals surface area contributed by atoms with Crippen LogP contribution in [0.2, 0.25) is 0 Å². The third-order valence-electron chi connectivity index (χ3n) is 2.82. The van der Waals surface area contributed by atoms with E-state index >= 15 is 0 Å². The van der Waals surface area contributed by atoms with Gasteiger partial charge in [-0.05, 0) is 37.8 Å². The molecule has 3 N–H and O–H groups in total. The molecule has 6 nitrogen and oxygen atoms in total. The summed E-state index contributed by atoms with van der Waals surface area (Å²) in [7, 11) is 0. The molecule has 2 aromatic rings. The number of anilines is 3. The molecule has 0 saturated heterocycles. The first-order valence-electron chi connectivity index (χ1n) is 6.63. The van der Waals surface area contributed by atoms with E-state index in [9.17, 15) is 5.21 Å². The number of benzene rings is 1. The van der Waals surface area contributed by atoms with Crippen LogP contribution in [0.3, 0.4) is 0 Å². The molecule has 0 atom stereocenters. The van der Waals surface area contributed by atoms with Crippen LogP contribution in [0.5, 0.6) is 0 Å². The minimum Gasteiger partial charge on any atom is -0.439 e. The standard InChI is InChI=1S/C13H20N4O2/c1-4-14-10-7-9-12(8-11(10)15-5-2)19-17(18)13(9)16-6-3/h7-8,14-16H,4-6H2,1-3H3. The maximum Gasteiger partial charge on any atom is 0.324 e. The van der Waals surface area contributed by atoms with Crippen molar-refractivity contribution in [3.05, 3.63) is 17.3 Å². The highest BCUT2D eigenvalue weighted by atomic mass is 16.7. The van der Waals surface area contributed by atoms with E-state index in [2.05, 4.69) is 16.0 Å². The smallest absolute Gasteiger partial charge is 0.324 e. The van der Waals surface area contributed by atoms with Crippen LogP contribution in [0, 0.1) is 5.21 Å². The van der Waals surface area contributed by atoms with Gasteiger partial charge < -0.3 is 20.4 Å². The fourth-order valence-corrected chi connectivity index (χ4v) is 2.07. The van der Waals surface area contributed by atoms with Crippen molar-refractivity contribution in [3.8, 4) is 0 Å². The summed E-state index contributed by atoms with van der Waals surface area (Å²) in [6.07, 6.45) is 0. The maximum atomic E-state index is 11.7. The molecule has 0 aliphatic heterocycles. The fourth-order valence-electron chi connectivity index (χ4n) is 2.07. The van der Waals surface area contributed by atoms with Crippen molar-refractivity contribution >= 4 is 28.2 Å². The zero-order valence-electron chi connectivity index (χ0n) is 11.5. The lowest BCUT2D eigenvalue weighted by Gasteiger charge is -2.12. The van der Waals surface area contributed by atoms with Gasteiger partial charge in [0.25, 0.3) is 0 Å². The van der Waals surface area contributed by atoms with Gasteiger partial charge in [0, 0.05) is 13.1 Å². The van der Waals surface area contributed by atoms with Crippen molar-refractivity contribution in [2.75, 3.05) is 35.6 Å². The van der Waals surface area contributed by atoms with Gasteiger partial charge in [-0.15, -0.1) is 0 Å². The van der Waals surface area contributed by atoms with Gasteiger partial charge in [-0.2, -0.15) is 0 Å². The lowest BCUT2D eigenvalue weighted by atomic mass is 10.2. The van der Waals surface area contributed by atoms with E-state index in [4.69, 9.17) is 4.52 Å². The molecule has 0 fully saturated rings. The molecule has 0 saturated carbocycles. The molecule has 1 heterocycles. The van der Waals surface area contributed by atoms with E-state index in [0.29, 0.717) is 22.8 Å². The van der Waals surface area contributed by atoms with Crippen molar-refractivity contribution < 1.29 is 9.43 Å². The van der Waals surface area contributed by atoms with Crippen LogP contribution in [0.4, 0.5) is 17.2 Å². The third-order valence-corrected chi connectivity index (χ3v) is 2.82. The molecule has 0 unspecified atom stereocenters. The van der Waals surface area contributed by atoms with Crippen LogP contribution >= 0.6 is 0 Å². The van der Waals surface area contributed by atoms with Gasteiger partial charge in [-0.3, -0.25) is 5.32 Å². The molecule has 0 aliphatic carbocycles. The molecule has 0 amide bonds. The molecular weight excluding hydrogens is 244 g/mol. The van der Waals surface area contributed by atoms with Crippen molar-refractivity contribution in [1.29, 1.82) is 0 Å². The number of hydrogen-bond acceptors (Lipinski definition) is 5. The Morgan fingerprint density at radius 3 is 2.16 bits per heavy atom. The second-order valence-electron chi connectivity index (χ2n) is 4.18. The van der Waals surface area contributed by atoms with E-state index in [1.54, 1.807) is 0 Å². The summed E-state index contributed by atoms with van der Waals surface area (Å²) in [5.41, 5.74) is 2.48. The average Bonchev–Trinajstić information content (AvgIpc) is 2.67. The van der Waals surface area contributed by atoms with E-state index in [1.165, 1.54) is 0 Å². The van der Waals surface area contributed by atoms with Crippen LogP contribution < -0.4 is 20.9 Å². The van der Waals surface area contributed by atoms with Gasteiger partial charge >= 0.3 is 5.82 Å². The van der Waals surface area contributed by atoms with Gasteiger partial charge in [-0.1, -0.05) is 0 Å². The summed E-state index contributed by atoms with van der Waals surface area (Å²) in [5.74, 6) is 0.458. The van der Waals surface area contributed by atoms with Gasteiger partial charge in [0.05, 0.1) is 28.9 Å². The molecule has 0 bridgehead atoms. The number of fused-ring (bicyclic) bond motifs is 1. The predicted molar refractivity (Wildman–Crippen MR) is 77.7 cm³/mol. The summed E-state index contributed by atoms with van der Waals surface area (Å²) >= 11 is 0. The summed E-state index contributed by atoms with van der Waals surface area (Å²) < 4.78 is 5.20. The molecule has 0 radical (unpaired) electrons. The summed E-state index contributed by atoms with van der Waals surface area (Å²) in [4.78, 5) is 0.527. The van der Waals surface area contributed by atoms with Crippen molar-refractivity contribution in [1.82, 2.24) is 0 Å². The minimum absolute atomic E-state index is 0.458. The van der Waals surface area contributed by atoms with Crippen LogP contribution in [0.25, 0.3) is 11.0 Å². The molecule has 2 rings (SSSR count). The summed E-state index contributed by atoms with van der Waals surface area (Å²) in [5, 5.41) is 22.1. The lowest BCUT2D eigenvalue weighted by molar-refractivity contribution is -0.776. The van der Waals surface area contributed by atoms with Gasteiger partial charge in [0.2, 0.25) is 0 Å². The zero-order valence-corrected chi connectivity index (χ0v) is 11.5. The Hall–Kier alpha value is -2.11. The fraction of sp³-hybridized carbons (Fsp3) is 0.462. The average molecular weight is 264 g/mol. The quantitative estimate of drug-likeness (QED) is 0.698. The number of hydrogen-bond donors (Lipinski definition) is 3. The monoisotopic (exact) mass is 264 g/mol. The maximum absolute atomic E-state index is 11.7. The number of aromatic nitrogens is 1. The third kappa shape index (κ3) is 2.52. The SMILES string of the molecule is CCNc1cc2o[n+]([O-])c(NCC)c2cc1NCC. The Morgan fingerprint density at radius 2 is 1.58 bits per heavy atom. The van der Waals surface area contributed by atoms with Gasteiger partial charge in [0.15, 0.2) is 0 Å². The van der Waals surface area contributed by atoms with Crippen LogP contribution in [-0.2, 0) is 0 Å². The second-order valence-corrected chi connectivity index (χ2v) is 4.18. The number of rotatable bonds is 6. The highest BCUT2D eigenvalue weighted by Crippen LogP contribution is 2.31. The molecule has 104 valence electrons. The van der Waals surface area contributed by atoms with Gasteiger partial charge in [0.1, 0.15) is 0 Å². The molecule has 0 aliphatic rings. The Morgan fingerprint density at radius 1 is 1.00 bits per heavy atom. The molecule has 6 heteroatoms. The van der Waals surface area contributed by atoms with Crippen LogP contribution in [0.15, 0.2) is 16.7 Å². The number of nitrogens with zero attached hydrogens (tertiary/aromatic N) is 1. The molecular formula is C13H20N4O2. The van der Waals surface area contributed by atoms with Crippen molar-refractivity contribution in [2.24, 2.45) is 0 Å². The highest BCUT2D eigenvalue weighted by Gasteiger charge is 2.16. The van der Waals surface area contributed by atoms with Crippen molar-refractivity contribution in [3.63, 3.8) is 0 Å². The number of nitrogens with one attached hydrogen (secondary N) is 3. The molecule has 19 heavy (non-hydrogen) atoms. The first-order valence-corrected chi connectivity index (χ1v) is 6.63. The Balaban J connectivity index is 2.56. The van der Waals surface area contributed by atoms with E-state index in [-0.39, 0.29) is 0 Å². The predicted octanol–water partition coefficient (Wildman–Crippen LogP) is 2.36. The lowest BCUT2D eigenvalue weighted by Crippen LogP contribution is -2.27. The minimum atomic E-state index is 0.458. The zero-order chi connectivity index (χ0) is 13.8. The largest absolute Gasteiger partial charge is 0.439 e. The van der Waals surface area contributed by atoms with Crippen molar-refractivity contribution in [2.45, 2.75) is 20.8 Å². The summed E-state index contributed by atoms with van der Waals surface area (Å²) in [6, 6.07) is 3.79. The topological polar surface area (TPSA) is 76.2 Å². The Kier molecular flexibility index (Phi) is 3.99. The highest BCUT2D eigenvalue weighted by molar-refractivity contribution is 5.94. The second kappa shape index (κ2) is 5.69. The first-order chi connectivity index (χ1) is 9.21. The van der Waals surface area contributed by atoms with Crippen LogP contribution in [0.1, 0.15) is 20.8 Å². The molecule has 1 aromatic heterocycles. The Bertz CT molecular complexity index is 565. The summed E-state index contributed by atoms with van der Waals surface area (Å²) in [6.45, 7) is 8.30. The van der Waals surface area contributed by atoms with Crippen LogP contribution in [-0.4, -0.2) is 19.6 Å². The van der Waals surface area contributed by atoms with E-state index in [1.807, 2.05) is 32.9 Å². The van der Waals surface area contributed by atoms with E-state index < -0.39 is 0 Å². The Labute approximate surface area is 112 Å². The van der Waals surface area contributed by atoms with Gasteiger partial charge in [-0.25, -0.2) is 0 Å². The van der Waals surface area contributed by atoms with E-state index in [0.717, 1.165) is 29.9 Å². The molecule has 1 aromatic carbocycles. The first kappa shape index (κ1) is 13.3. The molecule has 0 spiro atoms.